The fourth-order valence-corrected chi connectivity index (χ4v) is 2.50. The van der Waals surface area contributed by atoms with Crippen molar-refractivity contribution in [2.24, 2.45) is 0 Å². The molecular formula is C15H21FN2O3. The Kier molecular flexibility index (Phi) is 5.12. The molecule has 0 aliphatic carbocycles. The number of aromatic nitrogens is 1. The number of alkyl halides is 1. The molecule has 1 aromatic rings. The Balaban J connectivity index is 0.000000774. The van der Waals surface area contributed by atoms with E-state index in [0.29, 0.717) is 37.6 Å². The molecule has 2 aliphatic rings. The van der Waals surface area contributed by atoms with E-state index in [1.54, 1.807) is 11.0 Å². The van der Waals surface area contributed by atoms with Crippen molar-refractivity contribution < 1.29 is 18.7 Å². The predicted octanol–water partition coefficient (Wildman–Crippen LogP) is 2.47. The van der Waals surface area contributed by atoms with Gasteiger partial charge < -0.3 is 14.4 Å². The van der Waals surface area contributed by atoms with E-state index in [1.807, 2.05) is 13.8 Å². The lowest BCUT2D eigenvalue weighted by atomic mass is 10.1. The van der Waals surface area contributed by atoms with Gasteiger partial charge in [-0.2, -0.15) is 0 Å². The largest absolute Gasteiger partial charge is 0.465 e. The van der Waals surface area contributed by atoms with Gasteiger partial charge in [0.05, 0.1) is 32.6 Å². The maximum Gasteiger partial charge on any atom is 0.341 e. The van der Waals surface area contributed by atoms with Crippen molar-refractivity contribution >= 4 is 11.8 Å². The summed E-state index contributed by atoms with van der Waals surface area (Å²) >= 11 is 0. The van der Waals surface area contributed by atoms with Crippen LogP contribution in [0.25, 0.3) is 0 Å². The van der Waals surface area contributed by atoms with Gasteiger partial charge in [0.2, 0.25) is 0 Å². The van der Waals surface area contributed by atoms with Gasteiger partial charge in [-0.3, -0.25) is 0 Å². The van der Waals surface area contributed by atoms with E-state index in [9.17, 15) is 9.18 Å². The highest BCUT2D eigenvalue weighted by Crippen LogP contribution is 2.29. The lowest BCUT2D eigenvalue weighted by Crippen LogP contribution is -2.24. The summed E-state index contributed by atoms with van der Waals surface area (Å²) in [5.41, 5.74) is 2.12. The number of esters is 1. The van der Waals surface area contributed by atoms with Gasteiger partial charge >= 0.3 is 5.97 Å². The summed E-state index contributed by atoms with van der Waals surface area (Å²) in [6.45, 7) is 5.74. The molecule has 1 atom stereocenters. The van der Waals surface area contributed by atoms with E-state index in [1.165, 1.54) is 7.11 Å². The minimum Gasteiger partial charge on any atom is -0.465 e. The Morgan fingerprint density at radius 2 is 2.24 bits per heavy atom. The molecule has 0 radical (unpaired) electrons. The molecule has 0 amide bonds. The van der Waals surface area contributed by atoms with Crippen LogP contribution in [0.5, 0.6) is 0 Å². The zero-order valence-corrected chi connectivity index (χ0v) is 12.7. The maximum absolute atomic E-state index is 13.3. The van der Waals surface area contributed by atoms with Crippen LogP contribution in [0.1, 0.15) is 41.9 Å². The van der Waals surface area contributed by atoms with Crippen LogP contribution in [-0.2, 0) is 22.7 Å². The van der Waals surface area contributed by atoms with Crippen LogP contribution in [0.3, 0.4) is 0 Å². The van der Waals surface area contributed by atoms with Crippen molar-refractivity contribution in [3.05, 3.63) is 22.9 Å². The molecule has 1 fully saturated rings. The summed E-state index contributed by atoms with van der Waals surface area (Å²) in [6.07, 6.45) is -0.396. The smallest absolute Gasteiger partial charge is 0.341 e. The highest BCUT2D eigenvalue weighted by Gasteiger charge is 2.29. The average Bonchev–Trinajstić information content (AvgIpc) is 3.15. The van der Waals surface area contributed by atoms with E-state index < -0.39 is 12.1 Å². The van der Waals surface area contributed by atoms with Crippen molar-refractivity contribution in [1.29, 1.82) is 0 Å². The normalized spacial score (nSPS) is 19.8. The molecule has 5 nitrogen and oxygen atoms in total. The number of methoxy groups -OCH3 is 1. The van der Waals surface area contributed by atoms with Crippen molar-refractivity contribution in [3.63, 3.8) is 0 Å². The first-order valence-electron chi connectivity index (χ1n) is 7.27. The number of rotatable bonds is 2. The number of ether oxygens (including phenoxy) is 2. The zero-order chi connectivity index (χ0) is 15.4. The van der Waals surface area contributed by atoms with Crippen LogP contribution >= 0.6 is 0 Å². The van der Waals surface area contributed by atoms with Crippen molar-refractivity contribution in [2.45, 2.75) is 39.7 Å². The second kappa shape index (κ2) is 6.85. The highest BCUT2D eigenvalue weighted by atomic mass is 19.1. The third-order valence-corrected chi connectivity index (χ3v) is 3.50. The van der Waals surface area contributed by atoms with Gasteiger partial charge in [0, 0.05) is 12.1 Å². The molecule has 2 aliphatic heterocycles. The van der Waals surface area contributed by atoms with Gasteiger partial charge in [0.15, 0.2) is 0 Å². The first kappa shape index (κ1) is 15.7. The standard InChI is InChI=1S/C13H15FN2O3.C2H6/c1-18-13(17)10-4-8-6-19-7-11(8)15-12(10)16-3-2-9(14)5-16;1-2/h4,9H,2-3,5-7H2,1H3;1-2H3. The summed E-state index contributed by atoms with van der Waals surface area (Å²) in [4.78, 5) is 18.1. The molecule has 0 bridgehead atoms. The molecule has 0 spiro atoms. The number of carbonyl (C=O) groups is 1. The van der Waals surface area contributed by atoms with Crippen LogP contribution in [0.4, 0.5) is 10.2 Å². The minimum atomic E-state index is -0.864. The fourth-order valence-electron chi connectivity index (χ4n) is 2.50. The van der Waals surface area contributed by atoms with E-state index in [0.717, 1.165) is 11.3 Å². The first-order chi connectivity index (χ1) is 10.2. The lowest BCUT2D eigenvalue weighted by Gasteiger charge is -2.20. The number of pyridine rings is 1. The average molecular weight is 296 g/mol. The molecule has 116 valence electrons. The van der Waals surface area contributed by atoms with Gasteiger partial charge in [0.1, 0.15) is 17.6 Å². The van der Waals surface area contributed by atoms with Crippen LogP contribution in [0.15, 0.2) is 6.07 Å². The number of carbonyl (C=O) groups excluding carboxylic acids is 1. The van der Waals surface area contributed by atoms with Gasteiger partial charge in [0.25, 0.3) is 0 Å². The Morgan fingerprint density at radius 3 is 2.86 bits per heavy atom. The monoisotopic (exact) mass is 296 g/mol. The SMILES string of the molecule is CC.COC(=O)c1cc2c(nc1N1CCC(F)C1)COC2. The number of halogens is 1. The molecule has 0 saturated carbocycles. The fraction of sp³-hybridized carbons (Fsp3) is 0.600. The number of nitrogens with zero attached hydrogens (tertiary/aromatic N) is 2. The summed E-state index contributed by atoms with van der Waals surface area (Å²) < 4.78 is 23.4. The molecular weight excluding hydrogens is 275 g/mol. The summed E-state index contributed by atoms with van der Waals surface area (Å²) in [5.74, 6) is 0.0655. The summed E-state index contributed by atoms with van der Waals surface area (Å²) in [7, 11) is 1.33. The van der Waals surface area contributed by atoms with E-state index in [-0.39, 0.29) is 6.54 Å². The molecule has 6 heteroatoms. The van der Waals surface area contributed by atoms with E-state index >= 15 is 0 Å². The summed E-state index contributed by atoms with van der Waals surface area (Å²) in [6, 6.07) is 1.75. The first-order valence-corrected chi connectivity index (χ1v) is 7.27. The Bertz CT molecular complexity index is 522. The number of hydrogen-bond donors (Lipinski definition) is 0. The molecule has 0 N–H and O–H groups in total. The van der Waals surface area contributed by atoms with Crippen LogP contribution < -0.4 is 4.90 Å². The molecule has 1 unspecified atom stereocenters. The van der Waals surface area contributed by atoms with Crippen molar-refractivity contribution in [1.82, 2.24) is 4.98 Å². The van der Waals surface area contributed by atoms with Crippen LogP contribution in [0, 0.1) is 0 Å². The van der Waals surface area contributed by atoms with E-state index in [4.69, 9.17) is 9.47 Å². The van der Waals surface area contributed by atoms with Gasteiger partial charge in [-0.05, 0) is 12.5 Å². The quantitative estimate of drug-likeness (QED) is 0.785. The van der Waals surface area contributed by atoms with Crippen molar-refractivity contribution in [3.8, 4) is 0 Å². The van der Waals surface area contributed by atoms with Crippen molar-refractivity contribution in [2.75, 3.05) is 25.1 Å². The molecule has 0 aromatic carbocycles. The minimum absolute atomic E-state index is 0.274. The molecule has 21 heavy (non-hydrogen) atoms. The highest BCUT2D eigenvalue weighted by molar-refractivity contribution is 5.95. The lowest BCUT2D eigenvalue weighted by molar-refractivity contribution is 0.0601. The maximum atomic E-state index is 13.3. The predicted molar refractivity (Wildman–Crippen MR) is 77.1 cm³/mol. The molecule has 3 heterocycles. The molecule has 1 saturated heterocycles. The number of hydrogen-bond acceptors (Lipinski definition) is 5. The van der Waals surface area contributed by atoms with Gasteiger partial charge in [-0.15, -0.1) is 0 Å². The van der Waals surface area contributed by atoms with Gasteiger partial charge in [-0.25, -0.2) is 14.2 Å². The van der Waals surface area contributed by atoms with Crippen LogP contribution in [0.2, 0.25) is 0 Å². The topological polar surface area (TPSA) is 51.7 Å². The summed E-state index contributed by atoms with van der Waals surface area (Å²) in [5, 5.41) is 0. The third kappa shape index (κ3) is 3.15. The number of fused-ring (bicyclic) bond motifs is 1. The third-order valence-electron chi connectivity index (χ3n) is 3.50. The number of anilines is 1. The van der Waals surface area contributed by atoms with E-state index in [2.05, 4.69) is 4.98 Å². The van der Waals surface area contributed by atoms with Gasteiger partial charge in [-0.1, -0.05) is 13.8 Å². The molecule has 3 rings (SSSR count). The van der Waals surface area contributed by atoms with Crippen LogP contribution in [-0.4, -0.2) is 37.3 Å². The molecule has 1 aromatic heterocycles. The zero-order valence-electron chi connectivity index (χ0n) is 12.7. The second-order valence-electron chi connectivity index (χ2n) is 4.78. The Labute approximate surface area is 124 Å². The Morgan fingerprint density at radius 1 is 1.48 bits per heavy atom. The second-order valence-corrected chi connectivity index (χ2v) is 4.78. The Hall–Kier alpha value is -1.69.